The maximum absolute atomic E-state index is 13.1. The number of aliphatic hydroxyl groups excluding tert-OH is 1. The molecule has 9 heteroatoms. The van der Waals surface area contributed by atoms with Crippen molar-refractivity contribution >= 4 is 11.8 Å². The maximum Gasteiger partial charge on any atom is 0.237 e. The van der Waals surface area contributed by atoms with Gasteiger partial charge in [-0.3, -0.25) is 14.5 Å². The van der Waals surface area contributed by atoms with E-state index < -0.39 is 6.10 Å². The molecule has 3 saturated heterocycles. The highest BCUT2D eigenvalue weighted by atomic mass is 16.3. The van der Waals surface area contributed by atoms with E-state index >= 15 is 0 Å². The van der Waals surface area contributed by atoms with E-state index in [2.05, 4.69) is 40.4 Å². The van der Waals surface area contributed by atoms with Gasteiger partial charge in [0.1, 0.15) is 0 Å². The number of amides is 2. The van der Waals surface area contributed by atoms with Crippen molar-refractivity contribution in [3.63, 3.8) is 0 Å². The van der Waals surface area contributed by atoms with Crippen LogP contribution in [0.2, 0.25) is 0 Å². The largest absolute Gasteiger partial charge is 0.391 e. The molecule has 4 rings (SSSR count). The van der Waals surface area contributed by atoms with Crippen molar-refractivity contribution < 1.29 is 14.7 Å². The zero-order valence-corrected chi connectivity index (χ0v) is 20.6. The topological polar surface area (TPSA) is 109 Å². The summed E-state index contributed by atoms with van der Waals surface area (Å²) in [6.07, 6.45) is 7.45. The quantitative estimate of drug-likeness (QED) is 0.386. The summed E-state index contributed by atoms with van der Waals surface area (Å²) in [5.74, 6) is 1.22. The Kier molecular flexibility index (Phi) is 8.28. The average Bonchev–Trinajstić information content (AvgIpc) is 3.37. The van der Waals surface area contributed by atoms with Gasteiger partial charge in [0.15, 0.2) is 0 Å². The monoisotopic (exact) mass is 464 g/mol. The Morgan fingerprint density at radius 3 is 2.70 bits per heavy atom. The van der Waals surface area contributed by atoms with Crippen LogP contribution < -0.4 is 21.5 Å². The maximum atomic E-state index is 13.1. The average molecular weight is 465 g/mol. The van der Waals surface area contributed by atoms with Crippen LogP contribution in [0.5, 0.6) is 0 Å². The molecule has 3 heterocycles. The lowest BCUT2D eigenvalue weighted by Crippen LogP contribution is -2.54. The summed E-state index contributed by atoms with van der Waals surface area (Å²) in [6, 6.07) is -0.0145. The van der Waals surface area contributed by atoms with Crippen molar-refractivity contribution in [1.29, 1.82) is 0 Å². The molecule has 0 aromatic rings. The van der Waals surface area contributed by atoms with Gasteiger partial charge in [0, 0.05) is 24.5 Å². The van der Waals surface area contributed by atoms with Crippen LogP contribution in [0.1, 0.15) is 65.2 Å². The first-order valence-corrected chi connectivity index (χ1v) is 13.0. The van der Waals surface area contributed by atoms with E-state index in [-0.39, 0.29) is 35.9 Å². The first-order valence-electron chi connectivity index (χ1n) is 13.0. The smallest absolute Gasteiger partial charge is 0.237 e. The molecule has 5 N–H and O–H groups in total. The second kappa shape index (κ2) is 11.0. The van der Waals surface area contributed by atoms with Crippen LogP contribution in [0, 0.1) is 17.8 Å². The molecule has 4 aliphatic rings. The minimum atomic E-state index is -0.424. The summed E-state index contributed by atoms with van der Waals surface area (Å²) in [4.78, 5) is 30.3. The fourth-order valence-corrected chi connectivity index (χ4v) is 6.36. The highest BCUT2D eigenvalue weighted by Crippen LogP contribution is 2.33. The fraction of sp³-hybridized carbons (Fsp3) is 0.917. The zero-order chi connectivity index (χ0) is 23.5. The number of hydrazine groups is 1. The number of likely N-dealkylation sites (tertiary alicyclic amines) is 1. The molecule has 188 valence electrons. The first kappa shape index (κ1) is 24.9. The van der Waals surface area contributed by atoms with Gasteiger partial charge in [-0.05, 0) is 70.9 Å². The van der Waals surface area contributed by atoms with Gasteiger partial charge in [-0.1, -0.05) is 19.8 Å². The molecule has 0 radical (unpaired) electrons. The summed E-state index contributed by atoms with van der Waals surface area (Å²) in [5, 5.41) is 16.6. The Morgan fingerprint density at radius 2 is 2.00 bits per heavy atom. The number of nitrogens with one attached hydrogen (secondary N) is 4. The van der Waals surface area contributed by atoms with Crippen molar-refractivity contribution in [2.75, 3.05) is 26.8 Å². The second-order valence-electron chi connectivity index (χ2n) is 11.1. The lowest BCUT2D eigenvalue weighted by atomic mass is 9.77. The third kappa shape index (κ3) is 6.06. The highest BCUT2D eigenvalue weighted by molar-refractivity contribution is 5.85. The predicted molar refractivity (Wildman–Crippen MR) is 127 cm³/mol. The van der Waals surface area contributed by atoms with Crippen molar-refractivity contribution in [2.24, 2.45) is 17.8 Å². The predicted octanol–water partition coefficient (Wildman–Crippen LogP) is 0.361. The van der Waals surface area contributed by atoms with Crippen molar-refractivity contribution in [2.45, 2.75) is 95.6 Å². The molecule has 0 bridgehead atoms. The third-order valence-corrected chi connectivity index (χ3v) is 8.50. The van der Waals surface area contributed by atoms with Gasteiger partial charge in [-0.2, -0.15) is 0 Å². The van der Waals surface area contributed by atoms with Crippen LogP contribution in [-0.4, -0.2) is 83.9 Å². The molecule has 9 nitrogen and oxygen atoms in total. The van der Waals surface area contributed by atoms with E-state index in [9.17, 15) is 14.7 Å². The molecule has 4 fully saturated rings. The van der Waals surface area contributed by atoms with Gasteiger partial charge in [0.05, 0.1) is 25.0 Å². The summed E-state index contributed by atoms with van der Waals surface area (Å²) < 4.78 is 0. The van der Waals surface area contributed by atoms with Crippen molar-refractivity contribution in [1.82, 2.24) is 31.3 Å². The van der Waals surface area contributed by atoms with E-state index in [1.807, 2.05) is 11.8 Å². The number of rotatable bonds is 6. The van der Waals surface area contributed by atoms with Crippen molar-refractivity contribution in [3.05, 3.63) is 0 Å². The summed E-state index contributed by atoms with van der Waals surface area (Å²) in [5.41, 5.74) is 6.56. The standard InChI is InChI=1S/C24H44N6O3/c1-15(9-22-28-26-14-29(22)3)17-5-4-6-19(11-17)27-23(32)21-12-18(7-8-25-21)24(33)30-13-20(31)10-16(30)2/h15-22,25-26,28,31H,4-14H2,1-3H3,(H,27,32)/t15-,16-,17?,18?,19?,20+,21?,22?/m1/s1. The Balaban J connectivity index is 1.26. The van der Waals surface area contributed by atoms with Crippen molar-refractivity contribution in [3.8, 4) is 0 Å². The number of hydrogen-bond acceptors (Lipinski definition) is 7. The van der Waals surface area contributed by atoms with E-state index in [1.54, 1.807) is 0 Å². The number of β-amino-alcohol motifs (C(OH)–C–C–N with tert-alkyl or cyclic N) is 1. The Bertz CT molecular complexity index is 693. The summed E-state index contributed by atoms with van der Waals surface area (Å²) in [7, 11) is 2.13. The second-order valence-corrected chi connectivity index (χ2v) is 11.1. The summed E-state index contributed by atoms with van der Waals surface area (Å²) in [6.45, 7) is 6.31. The SMILES string of the molecule is C[C@H](CC1NNCN1C)C1CCCC(NC(=O)C2CC(C(=O)N3C[C@@H](O)C[C@H]3C)CCN2)C1. The number of carbonyl (C=O) groups excluding carboxylic acids is 2. The number of hydrogen-bond donors (Lipinski definition) is 5. The van der Waals surface area contributed by atoms with Gasteiger partial charge in [0.2, 0.25) is 11.8 Å². The molecule has 0 spiro atoms. The van der Waals surface area contributed by atoms with Crippen LogP contribution in [0.25, 0.3) is 0 Å². The van der Waals surface area contributed by atoms with Gasteiger partial charge in [-0.25, -0.2) is 10.9 Å². The van der Waals surface area contributed by atoms with Gasteiger partial charge in [-0.15, -0.1) is 0 Å². The Labute approximate surface area is 198 Å². The Hall–Kier alpha value is -1.26. The van der Waals surface area contributed by atoms with E-state index in [4.69, 9.17) is 0 Å². The van der Waals surface area contributed by atoms with Crippen LogP contribution in [0.15, 0.2) is 0 Å². The molecule has 0 aromatic carbocycles. The Morgan fingerprint density at radius 1 is 1.18 bits per heavy atom. The summed E-state index contributed by atoms with van der Waals surface area (Å²) >= 11 is 0. The third-order valence-electron chi connectivity index (χ3n) is 8.50. The molecule has 0 aromatic heterocycles. The number of carbonyl (C=O) groups is 2. The molecule has 33 heavy (non-hydrogen) atoms. The molecule has 5 unspecified atom stereocenters. The van der Waals surface area contributed by atoms with E-state index in [1.165, 1.54) is 6.42 Å². The van der Waals surface area contributed by atoms with Gasteiger partial charge in [0.25, 0.3) is 0 Å². The fourth-order valence-electron chi connectivity index (χ4n) is 6.36. The van der Waals surface area contributed by atoms with Crippen LogP contribution in [0.3, 0.4) is 0 Å². The molecule has 1 saturated carbocycles. The highest BCUT2D eigenvalue weighted by Gasteiger charge is 2.39. The minimum Gasteiger partial charge on any atom is -0.391 e. The van der Waals surface area contributed by atoms with Gasteiger partial charge >= 0.3 is 0 Å². The van der Waals surface area contributed by atoms with Crippen LogP contribution >= 0.6 is 0 Å². The molecule has 8 atom stereocenters. The molecule has 2 amide bonds. The van der Waals surface area contributed by atoms with Crippen LogP contribution in [0.4, 0.5) is 0 Å². The number of piperidine rings is 1. The minimum absolute atomic E-state index is 0.0432. The number of nitrogens with zero attached hydrogens (tertiary/aromatic N) is 2. The molecular weight excluding hydrogens is 420 g/mol. The molecule has 1 aliphatic carbocycles. The van der Waals surface area contributed by atoms with E-state index in [0.29, 0.717) is 43.9 Å². The first-order chi connectivity index (χ1) is 15.8. The zero-order valence-electron chi connectivity index (χ0n) is 20.6. The van der Waals surface area contributed by atoms with Gasteiger partial charge < -0.3 is 20.6 Å². The van der Waals surface area contributed by atoms with E-state index in [0.717, 1.165) is 38.8 Å². The molecular formula is C24H44N6O3. The van der Waals surface area contributed by atoms with Crippen LogP contribution in [-0.2, 0) is 9.59 Å². The lowest BCUT2D eigenvalue weighted by Gasteiger charge is -2.37. The molecule has 3 aliphatic heterocycles. The lowest BCUT2D eigenvalue weighted by molar-refractivity contribution is -0.138. The normalized spacial score (nSPS) is 38.9. The number of aliphatic hydroxyl groups is 1.